The first kappa shape index (κ1) is 20.6. The SMILES string of the molecule is Cc1ccc(NC(=O)N2CCS[C@@]23C(=O)N(Cc2ccccc2F)c2ccccc23)cc1. The van der Waals surface area contributed by atoms with Gasteiger partial charge in [0.05, 0.1) is 12.2 Å². The van der Waals surface area contributed by atoms with Crippen molar-refractivity contribution in [3.8, 4) is 0 Å². The number of carbonyl (C=O) groups excluding carboxylic acids is 2. The van der Waals surface area contributed by atoms with Crippen LogP contribution in [0.3, 0.4) is 0 Å². The van der Waals surface area contributed by atoms with Crippen LogP contribution in [0.1, 0.15) is 16.7 Å². The van der Waals surface area contributed by atoms with Gasteiger partial charge in [0.1, 0.15) is 5.82 Å². The molecule has 1 spiro atoms. The number of thioether (sulfide) groups is 1. The number of urea groups is 1. The molecule has 2 heterocycles. The largest absolute Gasteiger partial charge is 0.323 e. The molecular formula is C25H22FN3O2S. The first-order valence-corrected chi connectivity index (χ1v) is 11.4. The van der Waals surface area contributed by atoms with E-state index < -0.39 is 4.87 Å². The molecule has 0 unspecified atom stereocenters. The number of carbonyl (C=O) groups is 2. The Morgan fingerprint density at radius 1 is 1.06 bits per heavy atom. The third kappa shape index (κ3) is 3.24. The van der Waals surface area contributed by atoms with Crippen molar-refractivity contribution in [3.63, 3.8) is 0 Å². The molecule has 0 radical (unpaired) electrons. The zero-order chi connectivity index (χ0) is 22.3. The lowest BCUT2D eigenvalue weighted by atomic mass is 10.1. The number of hydrogen-bond donors (Lipinski definition) is 1. The zero-order valence-corrected chi connectivity index (χ0v) is 18.4. The molecule has 1 fully saturated rings. The second-order valence-corrected chi connectivity index (χ2v) is 9.23. The number of amides is 3. The van der Waals surface area contributed by atoms with Crippen LogP contribution in [0.5, 0.6) is 0 Å². The van der Waals surface area contributed by atoms with Gasteiger partial charge < -0.3 is 10.2 Å². The molecule has 3 aromatic carbocycles. The molecule has 0 bridgehead atoms. The predicted octanol–water partition coefficient (Wildman–Crippen LogP) is 5.11. The van der Waals surface area contributed by atoms with Gasteiger partial charge in [-0.05, 0) is 31.2 Å². The summed E-state index contributed by atoms with van der Waals surface area (Å²) in [5.74, 6) is 0.0600. The summed E-state index contributed by atoms with van der Waals surface area (Å²) >= 11 is 1.45. The molecule has 1 N–H and O–H groups in total. The molecule has 0 aromatic heterocycles. The molecule has 0 aliphatic carbocycles. The Morgan fingerprint density at radius 2 is 1.78 bits per heavy atom. The van der Waals surface area contributed by atoms with E-state index in [0.29, 0.717) is 29.2 Å². The van der Waals surface area contributed by atoms with E-state index in [2.05, 4.69) is 5.32 Å². The fourth-order valence-electron chi connectivity index (χ4n) is 4.35. The van der Waals surface area contributed by atoms with Gasteiger partial charge in [0, 0.05) is 29.1 Å². The van der Waals surface area contributed by atoms with Crippen molar-refractivity contribution in [1.82, 2.24) is 4.90 Å². The van der Waals surface area contributed by atoms with Crippen LogP contribution in [-0.4, -0.2) is 29.1 Å². The second-order valence-electron chi connectivity index (χ2n) is 7.94. The number of hydrogen-bond acceptors (Lipinski definition) is 3. The number of para-hydroxylation sites is 1. The third-order valence-electron chi connectivity index (χ3n) is 5.94. The highest BCUT2D eigenvalue weighted by Gasteiger charge is 2.59. The topological polar surface area (TPSA) is 52.7 Å². The van der Waals surface area contributed by atoms with Gasteiger partial charge >= 0.3 is 6.03 Å². The summed E-state index contributed by atoms with van der Waals surface area (Å²) in [5, 5.41) is 2.93. The number of nitrogens with one attached hydrogen (secondary N) is 1. The minimum absolute atomic E-state index is 0.109. The van der Waals surface area contributed by atoms with Crippen molar-refractivity contribution in [2.45, 2.75) is 18.3 Å². The zero-order valence-electron chi connectivity index (χ0n) is 17.5. The van der Waals surface area contributed by atoms with Gasteiger partial charge in [-0.3, -0.25) is 9.69 Å². The summed E-state index contributed by atoms with van der Waals surface area (Å²) in [6.07, 6.45) is 0. The summed E-state index contributed by atoms with van der Waals surface area (Å²) in [6.45, 7) is 2.53. The molecule has 5 nitrogen and oxygen atoms in total. The summed E-state index contributed by atoms with van der Waals surface area (Å²) in [7, 11) is 0. The minimum atomic E-state index is -1.16. The quantitative estimate of drug-likeness (QED) is 0.607. The Hall–Kier alpha value is -3.32. The molecule has 5 rings (SSSR count). The highest BCUT2D eigenvalue weighted by molar-refractivity contribution is 8.01. The van der Waals surface area contributed by atoms with Crippen molar-refractivity contribution >= 4 is 35.1 Å². The first-order chi connectivity index (χ1) is 15.5. The highest BCUT2D eigenvalue weighted by atomic mass is 32.2. The van der Waals surface area contributed by atoms with Crippen molar-refractivity contribution in [2.24, 2.45) is 0 Å². The molecule has 3 amide bonds. The highest BCUT2D eigenvalue weighted by Crippen LogP contribution is 2.54. The summed E-state index contributed by atoms with van der Waals surface area (Å²) < 4.78 is 14.4. The average molecular weight is 448 g/mol. The molecule has 32 heavy (non-hydrogen) atoms. The fourth-order valence-corrected chi connectivity index (χ4v) is 5.81. The molecular weight excluding hydrogens is 425 g/mol. The lowest BCUT2D eigenvalue weighted by Crippen LogP contribution is -2.51. The normalized spacial score (nSPS) is 19.5. The van der Waals surface area contributed by atoms with Crippen LogP contribution in [0.4, 0.5) is 20.6 Å². The molecule has 2 aliphatic rings. The van der Waals surface area contributed by atoms with Crippen LogP contribution in [0.2, 0.25) is 0 Å². The fraction of sp³-hybridized carbons (Fsp3) is 0.200. The standard InChI is InChI=1S/C25H22FN3O2S/c1-17-10-12-19(13-11-17)27-24(31)29-14-15-32-25(29)20-7-3-5-9-22(20)28(23(25)30)16-18-6-2-4-8-21(18)26/h2-13H,14-16H2,1H3,(H,27,31)/t25-/m0/s1. The summed E-state index contributed by atoms with van der Waals surface area (Å²) in [4.78, 5) is 29.2. The number of halogens is 1. The predicted molar refractivity (Wildman–Crippen MR) is 125 cm³/mol. The maximum Gasteiger partial charge on any atom is 0.323 e. The van der Waals surface area contributed by atoms with Gasteiger partial charge in [0.25, 0.3) is 5.91 Å². The van der Waals surface area contributed by atoms with Crippen molar-refractivity contribution in [2.75, 3.05) is 22.5 Å². The van der Waals surface area contributed by atoms with Gasteiger partial charge in [0.15, 0.2) is 4.87 Å². The van der Waals surface area contributed by atoms with Crippen LogP contribution < -0.4 is 10.2 Å². The van der Waals surface area contributed by atoms with E-state index in [9.17, 15) is 14.0 Å². The van der Waals surface area contributed by atoms with Gasteiger partial charge in [-0.25, -0.2) is 9.18 Å². The van der Waals surface area contributed by atoms with Crippen molar-refractivity contribution < 1.29 is 14.0 Å². The van der Waals surface area contributed by atoms with E-state index >= 15 is 0 Å². The lowest BCUT2D eigenvalue weighted by Gasteiger charge is -2.33. The van der Waals surface area contributed by atoms with E-state index in [1.165, 1.54) is 17.8 Å². The summed E-state index contributed by atoms with van der Waals surface area (Å²) in [5.41, 5.74) is 3.69. The molecule has 7 heteroatoms. The van der Waals surface area contributed by atoms with Gasteiger partial charge in [-0.2, -0.15) is 0 Å². The monoisotopic (exact) mass is 447 g/mol. The number of fused-ring (bicyclic) bond motifs is 2. The van der Waals surface area contributed by atoms with Gasteiger partial charge in [-0.15, -0.1) is 11.8 Å². The summed E-state index contributed by atoms with van der Waals surface area (Å²) in [6, 6.07) is 21.2. The molecule has 162 valence electrons. The molecule has 1 atom stereocenters. The molecule has 0 saturated carbocycles. The van der Waals surface area contributed by atoms with E-state index in [1.807, 2.05) is 55.5 Å². The van der Waals surface area contributed by atoms with E-state index in [1.54, 1.807) is 28.0 Å². The van der Waals surface area contributed by atoms with Crippen LogP contribution in [-0.2, 0) is 16.2 Å². The van der Waals surface area contributed by atoms with Crippen LogP contribution >= 0.6 is 11.8 Å². The van der Waals surface area contributed by atoms with Crippen molar-refractivity contribution in [3.05, 3.63) is 95.3 Å². The van der Waals surface area contributed by atoms with Crippen LogP contribution in [0.25, 0.3) is 0 Å². The Balaban J connectivity index is 1.51. The van der Waals surface area contributed by atoms with Gasteiger partial charge in [0.2, 0.25) is 0 Å². The number of aryl methyl sites for hydroxylation is 1. The lowest BCUT2D eigenvalue weighted by molar-refractivity contribution is -0.123. The Morgan fingerprint density at radius 3 is 2.56 bits per heavy atom. The maximum atomic E-state index is 14.4. The third-order valence-corrected chi connectivity index (χ3v) is 7.35. The number of rotatable bonds is 3. The Kier molecular flexibility index (Phi) is 5.13. The average Bonchev–Trinajstić information content (AvgIpc) is 3.34. The second kappa shape index (κ2) is 7.98. The smallest absolute Gasteiger partial charge is 0.308 e. The van der Waals surface area contributed by atoms with E-state index in [4.69, 9.17) is 0 Å². The number of anilines is 2. The van der Waals surface area contributed by atoms with Crippen LogP contribution in [0.15, 0.2) is 72.8 Å². The van der Waals surface area contributed by atoms with Gasteiger partial charge in [-0.1, -0.05) is 54.1 Å². The maximum absolute atomic E-state index is 14.4. The van der Waals surface area contributed by atoms with E-state index in [0.717, 1.165) is 11.1 Å². The Bertz CT molecular complexity index is 1200. The molecule has 1 saturated heterocycles. The number of nitrogens with zero attached hydrogens (tertiary/aromatic N) is 2. The number of benzene rings is 3. The minimum Gasteiger partial charge on any atom is -0.308 e. The van der Waals surface area contributed by atoms with Crippen molar-refractivity contribution in [1.29, 1.82) is 0 Å². The Labute approximate surface area is 190 Å². The molecule has 2 aliphatic heterocycles. The van der Waals surface area contributed by atoms with Crippen LogP contribution in [0, 0.1) is 12.7 Å². The van der Waals surface area contributed by atoms with E-state index in [-0.39, 0.29) is 24.3 Å². The first-order valence-electron chi connectivity index (χ1n) is 10.4. The molecule has 3 aromatic rings.